The van der Waals surface area contributed by atoms with Crippen LogP contribution in [0.15, 0.2) is 35.0 Å². The van der Waals surface area contributed by atoms with Crippen LogP contribution >= 0.6 is 11.3 Å². The summed E-state index contributed by atoms with van der Waals surface area (Å²) in [6.07, 6.45) is 4.76. The Morgan fingerprint density at radius 3 is 2.54 bits per heavy atom. The molecule has 1 atom stereocenters. The Balaban J connectivity index is 1.60. The number of carbonyl (C=O) groups excluding carboxylic acids is 2. The second-order valence-electron chi connectivity index (χ2n) is 7.15. The third-order valence-electron chi connectivity index (χ3n) is 5.10. The number of nitrogens with zero attached hydrogens (tertiary/aromatic N) is 1. The third kappa shape index (κ3) is 5.39. The van der Waals surface area contributed by atoms with Crippen LogP contribution in [0.3, 0.4) is 0 Å². The number of amides is 2. The molecule has 0 bridgehead atoms. The minimum absolute atomic E-state index is 0.0536. The fourth-order valence-electron chi connectivity index (χ4n) is 3.46. The number of likely N-dealkylation sites (tertiary alicyclic amines) is 1. The molecule has 2 N–H and O–H groups in total. The van der Waals surface area contributed by atoms with Gasteiger partial charge in [-0.3, -0.25) is 14.5 Å². The number of hydrogen-bond acceptors (Lipinski definition) is 4. The van der Waals surface area contributed by atoms with Gasteiger partial charge in [0.2, 0.25) is 0 Å². The molecule has 0 spiro atoms. The van der Waals surface area contributed by atoms with E-state index in [0.29, 0.717) is 12.1 Å². The maximum Gasteiger partial charge on any atom is 0.313 e. The van der Waals surface area contributed by atoms with Crippen LogP contribution in [-0.4, -0.2) is 36.3 Å². The van der Waals surface area contributed by atoms with Gasteiger partial charge in [-0.1, -0.05) is 18.9 Å². The van der Waals surface area contributed by atoms with Crippen molar-refractivity contribution in [2.45, 2.75) is 38.6 Å². The number of aryl methyl sites for hydroxylation is 1. The van der Waals surface area contributed by atoms with Crippen LogP contribution in [0.4, 0.5) is 10.1 Å². The lowest BCUT2D eigenvalue weighted by Gasteiger charge is -2.30. The van der Waals surface area contributed by atoms with E-state index in [2.05, 4.69) is 27.0 Å². The average molecular weight is 404 g/mol. The molecule has 3 rings (SSSR count). The Bertz CT molecular complexity index is 802. The van der Waals surface area contributed by atoms with E-state index in [1.807, 2.05) is 5.38 Å². The first-order valence-electron chi connectivity index (χ1n) is 9.66. The van der Waals surface area contributed by atoms with Gasteiger partial charge in [0, 0.05) is 12.2 Å². The highest BCUT2D eigenvalue weighted by Gasteiger charge is 2.24. The van der Waals surface area contributed by atoms with E-state index in [9.17, 15) is 14.0 Å². The predicted molar refractivity (Wildman–Crippen MR) is 110 cm³/mol. The molecule has 1 aliphatic rings. The molecule has 0 saturated carbocycles. The highest BCUT2D eigenvalue weighted by atomic mass is 32.1. The van der Waals surface area contributed by atoms with Gasteiger partial charge in [-0.05, 0) is 72.9 Å². The first-order chi connectivity index (χ1) is 13.5. The van der Waals surface area contributed by atoms with Crippen molar-refractivity contribution < 1.29 is 14.0 Å². The zero-order chi connectivity index (χ0) is 19.9. The first-order valence-corrected chi connectivity index (χ1v) is 10.6. The summed E-state index contributed by atoms with van der Waals surface area (Å²) in [5.41, 5.74) is 1.91. The molecule has 1 saturated heterocycles. The van der Waals surface area contributed by atoms with Crippen LogP contribution in [-0.2, 0) is 9.59 Å². The van der Waals surface area contributed by atoms with Crippen molar-refractivity contribution in [2.75, 3.05) is 25.0 Å². The summed E-state index contributed by atoms with van der Waals surface area (Å²) < 4.78 is 13.6. The standard InChI is InChI=1S/C21H26FN3O2S/c1-15-6-7-17(12-18(15)22)24-21(27)20(26)23-13-19(16-8-11-28-14-16)25-9-4-2-3-5-10-25/h6-8,11-12,14,19H,2-5,9-10,13H2,1H3,(H,23,26)(H,24,27)/t19-/m1/s1. The van der Waals surface area contributed by atoms with Gasteiger partial charge in [0.1, 0.15) is 5.82 Å². The Kier molecular flexibility index (Phi) is 7.17. The molecule has 1 aliphatic heterocycles. The average Bonchev–Trinajstić information content (AvgIpc) is 3.07. The molecule has 1 aromatic carbocycles. The lowest BCUT2D eigenvalue weighted by molar-refractivity contribution is -0.136. The molecule has 1 aromatic heterocycles. The van der Waals surface area contributed by atoms with Crippen molar-refractivity contribution in [3.8, 4) is 0 Å². The number of halogens is 1. The van der Waals surface area contributed by atoms with Crippen LogP contribution in [0.1, 0.15) is 42.9 Å². The Labute approximate surface area is 168 Å². The fourth-order valence-corrected chi connectivity index (χ4v) is 4.16. The Morgan fingerprint density at radius 2 is 1.89 bits per heavy atom. The van der Waals surface area contributed by atoms with Gasteiger partial charge < -0.3 is 10.6 Å². The molecule has 150 valence electrons. The van der Waals surface area contributed by atoms with Crippen LogP contribution in [0.25, 0.3) is 0 Å². The van der Waals surface area contributed by atoms with Gasteiger partial charge in [0.05, 0.1) is 6.04 Å². The largest absolute Gasteiger partial charge is 0.346 e. The molecule has 5 nitrogen and oxygen atoms in total. The molecular formula is C21H26FN3O2S. The minimum Gasteiger partial charge on any atom is -0.346 e. The quantitative estimate of drug-likeness (QED) is 0.745. The zero-order valence-corrected chi connectivity index (χ0v) is 16.9. The molecular weight excluding hydrogens is 377 g/mol. The summed E-state index contributed by atoms with van der Waals surface area (Å²) in [6, 6.07) is 6.48. The summed E-state index contributed by atoms with van der Waals surface area (Å²) in [4.78, 5) is 26.9. The van der Waals surface area contributed by atoms with E-state index in [-0.39, 0.29) is 11.7 Å². The van der Waals surface area contributed by atoms with E-state index in [0.717, 1.165) is 31.5 Å². The summed E-state index contributed by atoms with van der Waals surface area (Å²) in [5.74, 6) is -1.92. The summed E-state index contributed by atoms with van der Waals surface area (Å²) in [7, 11) is 0. The summed E-state index contributed by atoms with van der Waals surface area (Å²) in [5, 5.41) is 9.33. The third-order valence-corrected chi connectivity index (χ3v) is 5.80. The van der Waals surface area contributed by atoms with Crippen molar-refractivity contribution >= 4 is 28.8 Å². The van der Waals surface area contributed by atoms with Crippen LogP contribution < -0.4 is 10.6 Å². The number of hydrogen-bond donors (Lipinski definition) is 2. The van der Waals surface area contributed by atoms with E-state index < -0.39 is 17.6 Å². The van der Waals surface area contributed by atoms with Gasteiger partial charge in [-0.25, -0.2) is 4.39 Å². The predicted octanol–water partition coefficient (Wildman–Crippen LogP) is 3.87. The van der Waals surface area contributed by atoms with Crippen molar-refractivity contribution in [3.63, 3.8) is 0 Å². The smallest absolute Gasteiger partial charge is 0.313 e. The number of nitrogens with one attached hydrogen (secondary N) is 2. The number of rotatable bonds is 5. The van der Waals surface area contributed by atoms with E-state index in [4.69, 9.17) is 0 Å². The summed E-state index contributed by atoms with van der Waals surface area (Å²) >= 11 is 1.63. The molecule has 2 heterocycles. The van der Waals surface area contributed by atoms with Crippen LogP contribution in [0.2, 0.25) is 0 Å². The first kappa shape index (κ1) is 20.5. The van der Waals surface area contributed by atoms with Gasteiger partial charge >= 0.3 is 11.8 Å². The van der Waals surface area contributed by atoms with E-state index in [1.165, 1.54) is 18.9 Å². The Morgan fingerprint density at radius 1 is 1.14 bits per heavy atom. The highest BCUT2D eigenvalue weighted by Crippen LogP contribution is 2.25. The maximum atomic E-state index is 13.6. The highest BCUT2D eigenvalue weighted by molar-refractivity contribution is 7.08. The molecule has 28 heavy (non-hydrogen) atoms. The Hall–Kier alpha value is -2.25. The topological polar surface area (TPSA) is 61.4 Å². The lowest BCUT2D eigenvalue weighted by atomic mass is 10.1. The van der Waals surface area contributed by atoms with Gasteiger partial charge in [-0.15, -0.1) is 0 Å². The number of anilines is 1. The summed E-state index contributed by atoms with van der Waals surface area (Å²) in [6.45, 7) is 3.99. The number of benzene rings is 1. The maximum absolute atomic E-state index is 13.6. The SMILES string of the molecule is Cc1ccc(NC(=O)C(=O)NC[C@H](c2ccsc2)N2CCCCCC2)cc1F. The van der Waals surface area contributed by atoms with E-state index >= 15 is 0 Å². The number of carbonyl (C=O) groups is 2. The zero-order valence-electron chi connectivity index (χ0n) is 16.0. The molecule has 1 fully saturated rings. The van der Waals surface area contributed by atoms with E-state index in [1.54, 1.807) is 30.4 Å². The molecule has 0 aliphatic carbocycles. The molecule has 2 amide bonds. The monoisotopic (exact) mass is 403 g/mol. The minimum atomic E-state index is -0.789. The van der Waals surface area contributed by atoms with Crippen molar-refractivity contribution in [3.05, 3.63) is 52.0 Å². The van der Waals surface area contributed by atoms with Crippen LogP contribution in [0.5, 0.6) is 0 Å². The normalized spacial score (nSPS) is 16.2. The molecule has 7 heteroatoms. The molecule has 2 aromatic rings. The van der Waals surface area contributed by atoms with Gasteiger partial charge in [0.25, 0.3) is 0 Å². The van der Waals surface area contributed by atoms with Crippen molar-refractivity contribution in [2.24, 2.45) is 0 Å². The van der Waals surface area contributed by atoms with Crippen molar-refractivity contribution in [1.82, 2.24) is 10.2 Å². The van der Waals surface area contributed by atoms with Gasteiger partial charge in [0.15, 0.2) is 0 Å². The van der Waals surface area contributed by atoms with Gasteiger partial charge in [-0.2, -0.15) is 11.3 Å². The lowest BCUT2D eigenvalue weighted by Crippen LogP contribution is -2.42. The second-order valence-corrected chi connectivity index (χ2v) is 7.93. The van der Waals surface area contributed by atoms with Crippen molar-refractivity contribution in [1.29, 1.82) is 0 Å². The molecule has 0 unspecified atom stereocenters. The second kappa shape index (κ2) is 9.80. The fraction of sp³-hybridized carbons (Fsp3) is 0.429. The van der Waals surface area contributed by atoms with Crippen LogP contribution in [0, 0.1) is 12.7 Å². The molecule has 0 radical (unpaired) electrons. The number of thiophene rings is 1.